The average molecular weight is 276 g/mol. The summed E-state index contributed by atoms with van der Waals surface area (Å²) in [5, 5.41) is 0. The van der Waals surface area contributed by atoms with E-state index < -0.39 is 0 Å². The van der Waals surface area contributed by atoms with Crippen LogP contribution in [-0.2, 0) is 14.2 Å². The fourth-order valence-corrected chi connectivity index (χ4v) is 2.50. The van der Waals surface area contributed by atoms with Gasteiger partial charge in [-0.1, -0.05) is 13.8 Å². The van der Waals surface area contributed by atoms with Crippen LogP contribution in [-0.4, -0.2) is 64.3 Å². The van der Waals surface area contributed by atoms with Gasteiger partial charge in [0.1, 0.15) is 0 Å². The van der Waals surface area contributed by atoms with Crippen LogP contribution in [0.2, 0.25) is 0 Å². The lowest BCUT2D eigenvalue weighted by atomic mass is 10.0. The number of hydrogen-bond acceptors (Lipinski definition) is 5. The molecule has 0 saturated heterocycles. The minimum atomic E-state index is -0.201. The van der Waals surface area contributed by atoms with Gasteiger partial charge >= 0.3 is 0 Å². The van der Waals surface area contributed by atoms with E-state index in [1.165, 1.54) is 0 Å². The first-order valence-corrected chi connectivity index (χ1v) is 7.18. The van der Waals surface area contributed by atoms with Crippen LogP contribution < -0.4 is 5.73 Å². The molecule has 0 aromatic rings. The third kappa shape index (κ3) is 6.68. The lowest BCUT2D eigenvalue weighted by Gasteiger charge is -2.38. The minimum Gasteiger partial charge on any atom is -0.383 e. The average Bonchev–Trinajstić information content (AvgIpc) is 2.45. The third-order valence-corrected chi connectivity index (χ3v) is 3.70. The molecule has 116 valence electrons. The second-order valence-electron chi connectivity index (χ2n) is 4.73. The first-order valence-electron chi connectivity index (χ1n) is 7.18. The van der Waals surface area contributed by atoms with Gasteiger partial charge in [-0.25, -0.2) is 0 Å². The van der Waals surface area contributed by atoms with Crippen LogP contribution in [0.4, 0.5) is 0 Å². The van der Waals surface area contributed by atoms with Crippen molar-refractivity contribution < 1.29 is 14.2 Å². The van der Waals surface area contributed by atoms with Gasteiger partial charge in [0.05, 0.1) is 6.61 Å². The minimum absolute atomic E-state index is 0.201. The Bertz CT molecular complexity index is 197. The van der Waals surface area contributed by atoms with Crippen molar-refractivity contribution in [1.82, 2.24) is 4.90 Å². The fourth-order valence-electron chi connectivity index (χ4n) is 2.50. The first kappa shape index (κ1) is 18.8. The maximum absolute atomic E-state index is 5.96. The van der Waals surface area contributed by atoms with E-state index in [9.17, 15) is 0 Å². The largest absolute Gasteiger partial charge is 0.383 e. The van der Waals surface area contributed by atoms with Gasteiger partial charge in [0, 0.05) is 52.9 Å². The summed E-state index contributed by atoms with van der Waals surface area (Å²) in [7, 11) is 5.06. The highest BCUT2D eigenvalue weighted by Crippen LogP contribution is 2.17. The molecule has 0 rings (SSSR count). The van der Waals surface area contributed by atoms with Crippen molar-refractivity contribution in [2.45, 2.75) is 51.5 Å². The van der Waals surface area contributed by atoms with Crippen molar-refractivity contribution >= 4 is 0 Å². The predicted molar refractivity (Wildman–Crippen MR) is 78.2 cm³/mol. The molecule has 0 aliphatic rings. The first-order chi connectivity index (χ1) is 9.18. The van der Waals surface area contributed by atoms with Crippen LogP contribution in [0.15, 0.2) is 0 Å². The lowest BCUT2D eigenvalue weighted by Crippen LogP contribution is -2.49. The Hall–Kier alpha value is -0.200. The molecule has 2 N–H and O–H groups in total. The zero-order chi connectivity index (χ0) is 14.7. The van der Waals surface area contributed by atoms with Crippen LogP contribution in [0.5, 0.6) is 0 Å². The van der Waals surface area contributed by atoms with Crippen LogP contribution in [0.1, 0.15) is 33.1 Å². The Morgan fingerprint density at radius 1 is 1.00 bits per heavy atom. The Kier molecular flexibility index (Phi) is 11.5. The molecule has 0 aromatic carbocycles. The van der Waals surface area contributed by atoms with E-state index >= 15 is 0 Å². The molecule has 0 saturated carbocycles. The highest BCUT2D eigenvalue weighted by molar-refractivity contribution is 4.80. The maximum Gasteiger partial charge on any atom is 0.158 e. The van der Waals surface area contributed by atoms with E-state index in [4.69, 9.17) is 19.9 Å². The molecule has 5 heteroatoms. The van der Waals surface area contributed by atoms with Gasteiger partial charge in [-0.2, -0.15) is 0 Å². The van der Waals surface area contributed by atoms with Crippen LogP contribution in [0, 0.1) is 0 Å². The molecule has 0 bridgehead atoms. The highest BCUT2D eigenvalue weighted by Gasteiger charge is 2.25. The van der Waals surface area contributed by atoms with E-state index in [-0.39, 0.29) is 12.3 Å². The normalized spacial score (nSPS) is 13.7. The smallest absolute Gasteiger partial charge is 0.158 e. The third-order valence-electron chi connectivity index (χ3n) is 3.70. The molecule has 0 spiro atoms. The van der Waals surface area contributed by atoms with Crippen LogP contribution >= 0.6 is 0 Å². The molecule has 0 aliphatic carbocycles. The van der Waals surface area contributed by atoms with Crippen molar-refractivity contribution in [2.75, 3.05) is 41.0 Å². The van der Waals surface area contributed by atoms with Gasteiger partial charge in [-0.05, 0) is 12.8 Å². The van der Waals surface area contributed by atoms with Crippen molar-refractivity contribution in [2.24, 2.45) is 5.73 Å². The van der Waals surface area contributed by atoms with E-state index in [1.54, 1.807) is 21.3 Å². The Labute approximate surface area is 118 Å². The van der Waals surface area contributed by atoms with Crippen molar-refractivity contribution in [3.8, 4) is 0 Å². The standard InChI is InChI=1S/C14H32N2O3/c1-6-12(7-2)16(8-9-17-3)13(11-15)10-14(18-4)19-5/h12-14H,6-11,15H2,1-5H3. The van der Waals surface area contributed by atoms with E-state index in [2.05, 4.69) is 18.7 Å². The van der Waals surface area contributed by atoms with Crippen LogP contribution in [0.25, 0.3) is 0 Å². The predicted octanol–water partition coefficient (Wildman–Crippen LogP) is 1.46. The van der Waals surface area contributed by atoms with Crippen molar-refractivity contribution in [3.63, 3.8) is 0 Å². The number of ether oxygens (including phenoxy) is 3. The molecule has 0 heterocycles. The van der Waals surface area contributed by atoms with E-state index in [0.29, 0.717) is 12.6 Å². The summed E-state index contributed by atoms with van der Waals surface area (Å²) < 4.78 is 15.8. The van der Waals surface area contributed by atoms with Gasteiger partial charge < -0.3 is 19.9 Å². The Balaban J connectivity index is 4.73. The molecular weight excluding hydrogens is 244 g/mol. The molecular formula is C14H32N2O3. The Morgan fingerprint density at radius 3 is 1.95 bits per heavy atom. The second-order valence-corrected chi connectivity index (χ2v) is 4.73. The Morgan fingerprint density at radius 2 is 1.58 bits per heavy atom. The highest BCUT2D eigenvalue weighted by atomic mass is 16.7. The zero-order valence-electron chi connectivity index (χ0n) is 13.2. The molecule has 0 aliphatic heterocycles. The van der Waals surface area contributed by atoms with E-state index in [1.807, 2.05) is 0 Å². The lowest BCUT2D eigenvalue weighted by molar-refractivity contribution is -0.119. The van der Waals surface area contributed by atoms with Gasteiger partial charge in [-0.15, -0.1) is 0 Å². The number of nitrogens with zero attached hydrogens (tertiary/aromatic N) is 1. The number of hydrogen-bond donors (Lipinski definition) is 1. The SMILES string of the molecule is CCC(CC)N(CCOC)C(CN)CC(OC)OC. The topological polar surface area (TPSA) is 57.0 Å². The van der Waals surface area contributed by atoms with Gasteiger partial charge in [0.25, 0.3) is 0 Å². The van der Waals surface area contributed by atoms with E-state index in [0.717, 1.165) is 32.4 Å². The fraction of sp³-hybridized carbons (Fsp3) is 1.00. The summed E-state index contributed by atoms with van der Waals surface area (Å²) in [6, 6.07) is 0.781. The van der Waals surface area contributed by atoms with Gasteiger partial charge in [0.15, 0.2) is 6.29 Å². The number of methoxy groups -OCH3 is 3. The molecule has 0 amide bonds. The van der Waals surface area contributed by atoms with Crippen LogP contribution in [0.3, 0.4) is 0 Å². The molecule has 0 radical (unpaired) electrons. The summed E-state index contributed by atoms with van der Waals surface area (Å²) in [5.74, 6) is 0. The summed E-state index contributed by atoms with van der Waals surface area (Å²) in [5.41, 5.74) is 5.96. The quantitative estimate of drug-likeness (QED) is 0.547. The zero-order valence-corrected chi connectivity index (χ0v) is 13.2. The van der Waals surface area contributed by atoms with Crippen molar-refractivity contribution in [3.05, 3.63) is 0 Å². The summed E-state index contributed by atoms with van der Waals surface area (Å²) in [4.78, 5) is 2.44. The molecule has 1 unspecified atom stereocenters. The summed E-state index contributed by atoms with van der Waals surface area (Å²) >= 11 is 0. The number of rotatable bonds is 12. The monoisotopic (exact) mass is 276 g/mol. The van der Waals surface area contributed by atoms with Gasteiger partial charge in [-0.3, -0.25) is 4.90 Å². The summed E-state index contributed by atoms with van der Waals surface area (Å²) in [6.45, 7) is 6.64. The van der Waals surface area contributed by atoms with Crippen molar-refractivity contribution in [1.29, 1.82) is 0 Å². The number of nitrogens with two attached hydrogens (primary N) is 1. The molecule has 5 nitrogen and oxygen atoms in total. The summed E-state index contributed by atoms with van der Waals surface area (Å²) in [6.07, 6.45) is 2.81. The molecule has 0 fully saturated rings. The van der Waals surface area contributed by atoms with Gasteiger partial charge in [0.2, 0.25) is 0 Å². The second kappa shape index (κ2) is 11.6. The maximum atomic E-state index is 5.96. The molecule has 19 heavy (non-hydrogen) atoms. The molecule has 1 atom stereocenters. The molecule has 0 aromatic heterocycles.